The number of amides is 2. The minimum absolute atomic E-state index is 0.00839. The second-order valence-corrected chi connectivity index (χ2v) is 10.1. The zero-order valence-corrected chi connectivity index (χ0v) is 20.7. The van der Waals surface area contributed by atoms with Gasteiger partial charge < -0.3 is 39.2 Å². The van der Waals surface area contributed by atoms with Gasteiger partial charge in [0.1, 0.15) is 6.10 Å². The first kappa shape index (κ1) is 25.3. The lowest BCUT2D eigenvalue weighted by molar-refractivity contribution is -0.150. The maximum Gasteiger partial charge on any atom is 0.254 e. The number of fused-ring (bicyclic) bond motifs is 2. The van der Waals surface area contributed by atoms with Crippen LogP contribution in [0.3, 0.4) is 0 Å². The molecule has 0 bridgehead atoms. The zero-order valence-electron chi connectivity index (χ0n) is 20.7. The largest absolute Gasteiger partial charge is 0.454 e. The summed E-state index contributed by atoms with van der Waals surface area (Å²) in [5.74, 6) is 0.954. The molecule has 0 aromatic heterocycles. The topological polar surface area (TPSA) is 110 Å². The molecule has 4 aliphatic heterocycles. The van der Waals surface area contributed by atoms with Crippen LogP contribution in [0.15, 0.2) is 18.2 Å². The van der Waals surface area contributed by atoms with Gasteiger partial charge in [0.2, 0.25) is 12.7 Å². The van der Waals surface area contributed by atoms with Gasteiger partial charge in [-0.2, -0.15) is 0 Å². The number of ether oxygens (including phenoxy) is 4. The molecule has 198 valence electrons. The number of aliphatic hydroxyl groups excluding tert-OH is 1. The second-order valence-electron chi connectivity index (χ2n) is 10.1. The van der Waals surface area contributed by atoms with Crippen LogP contribution in [-0.2, 0) is 14.3 Å². The highest BCUT2D eigenvalue weighted by molar-refractivity contribution is 5.95. The Morgan fingerprint density at radius 2 is 1.89 bits per heavy atom. The SMILES string of the molecule is O=C(C[C@@H]1CC[C@@H]2[C@H](COC[C@@H](O)CN2C(=O)c2ccc3c(c2)OCO3)O1)NCCN1CCCCC1. The third-order valence-corrected chi connectivity index (χ3v) is 7.47. The zero-order chi connectivity index (χ0) is 24.9. The number of carbonyl (C=O) groups excluding carboxylic acids is 2. The van der Waals surface area contributed by atoms with Crippen LogP contribution in [0.1, 0.15) is 48.9 Å². The van der Waals surface area contributed by atoms with Crippen LogP contribution in [-0.4, -0.2) is 104 Å². The highest BCUT2D eigenvalue weighted by Crippen LogP contribution is 2.34. The van der Waals surface area contributed by atoms with Gasteiger partial charge in [-0.05, 0) is 57.0 Å². The summed E-state index contributed by atoms with van der Waals surface area (Å²) in [4.78, 5) is 30.2. The number of piperidine rings is 1. The number of likely N-dealkylation sites (tertiary alicyclic amines) is 1. The summed E-state index contributed by atoms with van der Waals surface area (Å²) < 4.78 is 22.8. The van der Waals surface area contributed by atoms with Gasteiger partial charge in [0.25, 0.3) is 5.91 Å². The normalized spacial score (nSPS) is 28.6. The fourth-order valence-electron chi connectivity index (χ4n) is 5.59. The maximum atomic E-state index is 13.5. The molecule has 0 spiro atoms. The van der Waals surface area contributed by atoms with Crippen molar-refractivity contribution < 1.29 is 33.6 Å². The average molecular weight is 504 g/mol. The number of nitrogens with zero attached hydrogens (tertiary/aromatic N) is 2. The molecule has 3 saturated heterocycles. The summed E-state index contributed by atoms with van der Waals surface area (Å²) in [6.45, 7) is 4.43. The molecule has 10 nitrogen and oxygen atoms in total. The van der Waals surface area contributed by atoms with Gasteiger partial charge >= 0.3 is 0 Å². The minimum Gasteiger partial charge on any atom is -0.454 e. The van der Waals surface area contributed by atoms with Crippen molar-refractivity contribution in [2.45, 2.75) is 62.9 Å². The van der Waals surface area contributed by atoms with Gasteiger partial charge in [0.05, 0.1) is 37.9 Å². The van der Waals surface area contributed by atoms with E-state index in [4.69, 9.17) is 18.9 Å². The molecule has 0 unspecified atom stereocenters. The molecule has 0 aliphatic carbocycles. The monoisotopic (exact) mass is 503 g/mol. The number of hydrogen-bond donors (Lipinski definition) is 2. The molecular weight excluding hydrogens is 466 g/mol. The van der Waals surface area contributed by atoms with E-state index in [1.165, 1.54) is 19.3 Å². The summed E-state index contributed by atoms with van der Waals surface area (Å²) in [5.41, 5.74) is 0.474. The first-order valence-electron chi connectivity index (χ1n) is 13.2. The van der Waals surface area contributed by atoms with Crippen LogP contribution < -0.4 is 14.8 Å². The highest BCUT2D eigenvalue weighted by atomic mass is 16.7. The van der Waals surface area contributed by atoms with E-state index in [0.717, 1.165) is 19.6 Å². The lowest BCUT2D eigenvalue weighted by atomic mass is 9.94. The Morgan fingerprint density at radius 1 is 1.06 bits per heavy atom. The van der Waals surface area contributed by atoms with E-state index in [2.05, 4.69) is 10.2 Å². The Balaban J connectivity index is 1.18. The summed E-state index contributed by atoms with van der Waals surface area (Å²) in [7, 11) is 0. The fourth-order valence-corrected chi connectivity index (χ4v) is 5.59. The van der Waals surface area contributed by atoms with E-state index in [1.807, 2.05) is 0 Å². The predicted octanol–water partition coefficient (Wildman–Crippen LogP) is 1.16. The second kappa shape index (κ2) is 11.8. The number of carbonyl (C=O) groups is 2. The Labute approximate surface area is 211 Å². The van der Waals surface area contributed by atoms with Crippen molar-refractivity contribution in [3.63, 3.8) is 0 Å². The molecule has 36 heavy (non-hydrogen) atoms. The molecule has 4 aliphatic rings. The molecule has 2 N–H and O–H groups in total. The van der Waals surface area contributed by atoms with Gasteiger partial charge in [-0.25, -0.2) is 0 Å². The van der Waals surface area contributed by atoms with Crippen LogP contribution >= 0.6 is 0 Å². The van der Waals surface area contributed by atoms with E-state index in [1.54, 1.807) is 23.1 Å². The molecule has 0 saturated carbocycles. The smallest absolute Gasteiger partial charge is 0.254 e. The molecule has 2 amide bonds. The van der Waals surface area contributed by atoms with Crippen molar-refractivity contribution in [1.29, 1.82) is 0 Å². The summed E-state index contributed by atoms with van der Waals surface area (Å²) in [6.07, 6.45) is 4.01. The quantitative estimate of drug-likeness (QED) is 0.595. The van der Waals surface area contributed by atoms with Crippen LogP contribution in [0.25, 0.3) is 0 Å². The number of nitrogens with one attached hydrogen (secondary N) is 1. The molecule has 4 atom stereocenters. The summed E-state index contributed by atoms with van der Waals surface area (Å²) >= 11 is 0. The molecule has 1 aromatic carbocycles. The van der Waals surface area contributed by atoms with Gasteiger partial charge in [0, 0.05) is 25.2 Å². The van der Waals surface area contributed by atoms with E-state index in [9.17, 15) is 14.7 Å². The number of aliphatic hydroxyl groups is 1. The van der Waals surface area contributed by atoms with E-state index >= 15 is 0 Å². The minimum atomic E-state index is -0.785. The van der Waals surface area contributed by atoms with Gasteiger partial charge in [0.15, 0.2) is 11.5 Å². The Kier molecular flexibility index (Phi) is 8.25. The molecular formula is C26H37N3O7. The van der Waals surface area contributed by atoms with Crippen LogP contribution in [0.2, 0.25) is 0 Å². The predicted molar refractivity (Wildman–Crippen MR) is 130 cm³/mol. The first-order chi connectivity index (χ1) is 17.6. The van der Waals surface area contributed by atoms with Crippen molar-refractivity contribution in [3.8, 4) is 11.5 Å². The van der Waals surface area contributed by atoms with Crippen LogP contribution in [0, 0.1) is 0 Å². The van der Waals surface area contributed by atoms with E-state index in [0.29, 0.717) is 42.9 Å². The standard InChI is InChI=1S/C26H37N3O7/c30-19-14-29(26(32)18-4-7-22-23(12-18)35-17-34-22)21-6-5-20(36-24(21)16-33-15-19)13-25(31)27-8-11-28-9-2-1-3-10-28/h4,7,12,19-21,24,30H,1-3,5-6,8-11,13-17H2,(H,27,31)/t19-,20-,21+,24-/m0/s1. The van der Waals surface area contributed by atoms with Crippen molar-refractivity contribution in [2.24, 2.45) is 0 Å². The third kappa shape index (κ3) is 6.11. The van der Waals surface area contributed by atoms with Gasteiger partial charge in [-0.3, -0.25) is 9.59 Å². The van der Waals surface area contributed by atoms with E-state index in [-0.39, 0.29) is 56.6 Å². The average Bonchev–Trinajstić information content (AvgIpc) is 3.35. The summed E-state index contributed by atoms with van der Waals surface area (Å²) in [6, 6.07) is 4.87. The number of rotatable bonds is 6. The molecule has 3 fully saturated rings. The molecule has 5 rings (SSSR count). The van der Waals surface area contributed by atoms with Crippen molar-refractivity contribution in [2.75, 3.05) is 52.7 Å². The summed E-state index contributed by atoms with van der Waals surface area (Å²) in [5, 5.41) is 13.4. The highest BCUT2D eigenvalue weighted by Gasteiger charge is 2.40. The van der Waals surface area contributed by atoms with Gasteiger partial charge in [-0.15, -0.1) is 0 Å². The Hall–Kier alpha value is -2.40. The third-order valence-electron chi connectivity index (χ3n) is 7.47. The fraction of sp³-hybridized carbons (Fsp3) is 0.692. The molecule has 4 heterocycles. The van der Waals surface area contributed by atoms with Crippen molar-refractivity contribution in [3.05, 3.63) is 23.8 Å². The maximum absolute atomic E-state index is 13.5. The lowest BCUT2D eigenvalue weighted by Gasteiger charge is -2.44. The van der Waals surface area contributed by atoms with Crippen LogP contribution in [0.5, 0.6) is 11.5 Å². The number of hydrogen-bond acceptors (Lipinski definition) is 8. The molecule has 0 radical (unpaired) electrons. The van der Waals surface area contributed by atoms with Gasteiger partial charge in [-0.1, -0.05) is 6.42 Å². The van der Waals surface area contributed by atoms with E-state index < -0.39 is 6.10 Å². The Bertz CT molecular complexity index is 923. The Morgan fingerprint density at radius 3 is 2.75 bits per heavy atom. The molecule has 10 heteroatoms. The van der Waals surface area contributed by atoms with Crippen LogP contribution in [0.4, 0.5) is 0 Å². The lowest BCUT2D eigenvalue weighted by Crippen LogP contribution is -2.57. The van der Waals surface area contributed by atoms with Crippen molar-refractivity contribution >= 4 is 11.8 Å². The number of β-amino-alcohol motifs (C(OH)–C–C–N with tert-alkyl or cyclic N) is 1. The van der Waals surface area contributed by atoms with Crippen molar-refractivity contribution in [1.82, 2.24) is 15.1 Å². The molecule has 1 aromatic rings. The number of benzene rings is 1. The first-order valence-corrected chi connectivity index (χ1v) is 13.2.